The molecule has 0 aliphatic carbocycles. The highest BCUT2D eigenvalue weighted by atomic mass is 79.9. The molecule has 0 amide bonds. The first-order valence-electron chi connectivity index (χ1n) is 5.30. The lowest BCUT2D eigenvalue weighted by Crippen LogP contribution is -2.06. The number of nitrogens with one attached hydrogen (secondary N) is 1. The number of rotatable bonds is 3. The molecule has 2 rings (SSSR count). The fourth-order valence-corrected chi connectivity index (χ4v) is 2.32. The van der Waals surface area contributed by atoms with Gasteiger partial charge < -0.3 is 9.84 Å². The Bertz CT molecular complexity index is 630. The zero-order valence-electron chi connectivity index (χ0n) is 9.78. The number of halogens is 2. The summed E-state index contributed by atoms with van der Waals surface area (Å²) in [6.07, 6.45) is 0. The average molecular weight is 347 g/mol. The van der Waals surface area contributed by atoms with Crippen LogP contribution in [0.4, 0.5) is 0 Å². The molecule has 2 aromatic rings. The number of carbonyl (C=O) groups excluding carboxylic acids is 1. The van der Waals surface area contributed by atoms with Gasteiger partial charge in [-0.05, 0) is 35.0 Å². The Morgan fingerprint density at radius 2 is 2.26 bits per heavy atom. The fourth-order valence-electron chi connectivity index (χ4n) is 1.51. The summed E-state index contributed by atoms with van der Waals surface area (Å²) in [5, 5.41) is 20.3. The minimum Gasteiger partial charge on any atom is -0.506 e. The maximum atomic E-state index is 11.7. The Labute approximate surface area is 121 Å². The number of aromatic amines is 1. The molecule has 0 bridgehead atoms. The van der Waals surface area contributed by atoms with Gasteiger partial charge in [-0.3, -0.25) is 0 Å². The van der Waals surface area contributed by atoms with Crippen molar-refractivity contribution in [2.75, 3.05) is 6.61 Å². The van der Waals surface area contributed by atoms with Gasteiger partial charge in [-0.25, -0.2) is 4.79 Å². The first-order valence-corrected chi connectivity index (χ1v) is 6.48. The first kappa shape index (κ1) is 13.8. The molecule has 0 spiro atoms. The highest BCUT2D eigenvalue weighted by molar-refractivity contribution is 9.10. The minimum atomic E-state index is -0.623. The monoisotopic (exact) mass is 345 g/mol. The van der Waals surface area contributed by atoms with E-state index in [1.165, 1.54) is 12.1 Å². The number of phenols is 1. The molecule has 0 fully saturated rings. The normalized spacial score (nSPS) is 10.5. The number of esters is 1. The van der Waals surface area contributed by atoms with Crippen LogP contribution >= 0.6 is 27.5 Å². The number of H-pyrrole nitrogens is 1. The predicted molar refractivity (Wildman–Crippen MR) is 72.2 cm³/mol. The number of carbonyl (C=O) groups is 1. The maximum absolute atomic E-state index is 11.7. The Hall–Kier alpha value is -1.60. The quantitative estimate of drug-likeness (QED) is 0.834. The van der Waals surface area contributed by atoms with Gasteiger partial charge in [0.05, 0.1) is 11.1 Å². The van der Waals surface area contributed by atoms with Crippen LogP contribution in [-0.2, 0) is 4.74 Å². The SMILES string of the molecule is CCOC(=O)c1n[nH]nc1-c1cc(Cl)cc(Br)c1O. The Morgan fingerprint density at radius 3 is 2.95 bits per heavy atom. The second-order valence-electron chi connectivity index (χ2n) is 3.53. The van der Waals surface area contributed by atoms with Crippen LogP contribution in [0, 0.1) is 0 Å². The van der Waals surface area contributed by atoms with Crippen LogP contribution < -0.4 is 0 Å². The van der Waals surface area contributed by atoms with Gasteiger partial charge in [-0.2, -0.15) is 10.3 Å². The Kier molecular flexibility index (Phi) is 4.06. The smallest absolute Gasteiger partial charge is 0.361 e. The van der Waals surface area contributed by atoms with Crippen molar-refractivity contribution in [2.45, 2.75) is 6.92 Å². The lowest BCUT2D eigenvalue weighted by Gasteiger charge is -2.06. The Balaban J connectivity index is 2.54. The molecular weight excluding hydrogens is 337 g/mol. The van der Waals surface area contributed by atoms with E-state index < -0.39 is 5.97 Å². The van der Waals surface area contributed by atoms with Crippen molar-refractivity contribution in [3.63, 3.8) is 0 Å². The van der Waals surface area contributed by atoms with Gasteiger partial charge in [0.25, 0.3) is 0 Å². The molecule has 0 atom stereocenters. The van der Waals surface area contributed by atoms with Crippen LogP contribution in [0.25, 0.3) is 11.3 Å². The molecule has 100 valence electrons. The molecule has 1 aromatic heterocycles. The van der Waals surface area contributed by atoms with Gasteiger partial charge in [-0.1, -0.05) is 11.6 Å². The molecule has 0 saturated heterocycles. The summed E-state index contributed by atoms with van der Waals surface area (Å²) in [6.45, 7) is 1.90. The topological polar surface area (TPSA) is 88.1 Å². The zero-order valence-corrected chi connectivity index (χ0v) is 12.1. The maximum Gasteiger partial charge on any atom is 0.361 e. The number of aromatic hydroxyl groups is 1. The number of hydrogen-bond acceptors (Lipinski definition) is 5. The predicted octanol–water partition coefficient (Wildman–Crippen LogP) is 2.77. The molecule has 2 N–H and O–H groups in total. The van der Waals surface area contributed by atoms with Crippen molar-refractivity contribution in [3.8, 4) is 17.0 Å². The molecule has 0 saturated carbocycles. The number of benzene rings is 1. The van der Waals surface area contributed by atoms with E-state index in [-0.39, 0.29) is 29.3 Å². The number of phenolic OH excluding ortho intramolecular Hbond substituents is 1. The lowest BCUT2D eigenvalue weighted by atomic mass is 10.1. The molecule has 19 heavy (non-hydrogen) atoms. The molecule has 0 unspecified atom stereocenters. The summed E-state index contributed by atoms with van der Waals surface area (Å²) >= 11 is 9.08. The molecule has 0 radical (unpaired) electrons. The lowest BCUT2D eigenvalue weighted by molar-refractivity contribution is 0.0520. The summed E-state index contributed by atoms with van der Waals surface area (Å²) in [6, 6.07) is 3.02. The standard InChI is InChI=1S/C11H9BrClN3O3/c1-2-19-11(18)9-8(14-16-15-9)6-3-5(13)4-7(12)10(6)17/h3-4,17H,2H2,1H3,(H,14,15,16). The summed E-state index contributed by atoms with van der Waals surface area (Å²) in [5.74, 6) is -0.703. The molecule has 0 aliphatic heterocycles. The first-order chi connectivity index (χ1) is 9.04. The van der Waals surface area contributed by atoms with Crippen molar-refractivity contribution >= 4 is 33.5 Å². The summed E-state index contributed by atoms with van der Waals surface area (Å²) < 4.78 is 5.26. The number of ether oxygens (including phenoxy) is 1. The van der Waals surface area contributed by atoms with Crippen molar-refractivity contribution in [2.24, 2.45) is 0 Å². The van der Waals surface area contributed by atoms with Gasteiger partial charge in [0.15, 0.2) is 5.69 Å². The fraction of sp³-hybridized carbons (Fsp3) is 0.182. The van der Waals surface area contributed by atoms with E-state index in [1.54, 1.807) is 6.92 Å². The Morgan fingerprint density at radius 1 is 1.53 bits per heavy atom. The third-order valence-corrected chi connectivity index (χ3v) is 3.12. The number of nitrogens with zero attached hydrogens (tertiary/aromatic N) is 2. The van der Waals surface area contributed by atoms with E-state index >= 15 is 0 Å². The van der Waals surface area contributed by atoms with Crippen LogP contribution in [0.2, 0.25) is 5.02 Å². The van der Waals surface area contributed by atoms with Gasteiger partial charge >= 0.3 is 5.97 Å². The van der Waals surface area contributed by atoms with Crippen LogP contribution in [0.1, 0.15) is 17.4 Å². The van der Waals surface area contributed by atoms with E-state index in [0.717, 1.165) is 0 Å². The van der Waals surface area contributed by atoms with Crippen LogP contribution in [0.5, 0.6) is 5.75 Å². The molecule has 1 heterocycles. The summed E-state index contributed by atoms with van der Waals surface area (Å²) in [5.41, 5.74) is 0.460. The van der Waals surface area contributed by atoms with E-state index in [0.29, 0.717) is 9.50 Å². The molecule has 6 nitrogen and oxygen atoms in total. The highest BCUT2D eigenvalue weighted by Gasteiger charge is 2.22. The van der Waals surface area contributed by atoms with Gasteiger partial charge in [0.1, 0.15) is 11.4 Å². The van der Waals surface area contributed by atoms with E-state index in [9.17, 15) is 9.90 Å². The largest absolute Gasteiger partial charge is 0.506 e. The van der Waals surface area contributed by atoms with E-state index in [1.807, 2.05) is 0 Å². The van der Waals surface area contributed by atoms with Gasteiger partial charge in [0, 0.05) is 10.6 Å². The molecule has 8 heteroatoms. The van der Waals surface area contributed by atoms with Crippen molar-refractivity contribution in [1.29, 1.82) is 0 Å². The number of hydrogen-bond donors (Lipinski definition) is 2. The minimum absolute atomic E-state index is 0.00804. The summed E-state index contributed by atoms with van der Waals surface area (Å²) in [7, 11) is 0. The third-order valence-electron chi connectivity index (χ3n) is 2.30. The van der Waals surface area contributed by atoms with Crippen LogP contribution in [0.3, 0.4) is 0 Å². The van der Waals surface area contributed by atoms with Gasteiger partial charge in [0.2, 0.25) is 0 Å². The highest BCUT2D eigenvalue weighted by Crippen LogP contribution is 2.38. The zero-order chi connectivity index (χ0) is 14.0. The van der Waals surface area contributed by atoms with Crippen molar-refractivity contribution in [1.82, 2.24) is 15.4 Å². The van der Waals surface area contributed by atoms with E-state index in [4.69, 9.17) is 16.3 Å². The number of aromatic nitrogens is 3. The molecule has 1 aromatic carbocycles. The molecular formula is C11H9BrClN3O3. The van der Waals surface area contributed by atoms with Crippen LogP contribution in [-0.4, -0.2) is 33.1 Å². The second-order valence-corrected chi connectivity index (χ2v) is 4.82. The average Bonchev–Trinajstić information content (AvgIpc) is 2.83. The van der Waals surface area contributed by atoms with Gasteiger partial charge in [-0.15, -0.1) is 5.10 Å². The summed E-state index contributed by atoms with van der Waals surface area (Å²) in [4.78, 5) is 11.7. The van der Waals surface area contributed by atoms with Crippen molar-refractivity contribution < 1.29 is 14.6 Å². The van der Waals surface area contributed by atoms with Crippen LogP contribution in [0.15, 0.2) is 16.6 Å². The van der Waals surface area contributed by atoms with E-state index in [2.05, 4.69) is 31.3 Å². The molecule has 0 aliphatic rings. The second kappa shape index (κ2) is 5.58. The van der Waals surface area contributed by atoms with Crippen molar-refractivity contribution in [3.05, 3.63) is 27.3 Å². The third kappa shape index (κ3) is 2.71.